The van der Waals surface area contributed by atoms with Gasteiger partial charge in [0.15, 0.2) is 0 Å². The van der Waals surface area contributed by atoms with E-state index in [0.29, 0.717) is 12.1 Å². The molecule has 2 N–H and O–H groups in total. The summed E-state index contributed by atoms with van der Waals surface area (Å²) in [5.74, 6) is -0.656. The van der Waals surface area contributed by atoms with Crippen LogP contribution in [0.1, 0.15) is 23.2 Å². The number of para-hydroxylation sites is 1. The lowest BCUT2D eigenvalue weighted by Crippen LogP contribution is -2.26. The molecule has 1 amide bonds. The highest BCUT2D eigenvalue weighted by molar-refractivity contribution is 5.99. The van der Waals surface area contributed by atoms with Gasteiger partial charge in [0, 0.05) is 13.6 Å². The number of halogens is 1. The van der Waals surface area contributed by atoms with Crippen molar-refractivity contribution in [3.05, 3.63) is 29.6 Å². The highest BCUT2D eigenvalue weighted by atomic mass is 19.1. The number of anilines is 1. The number of carbonyl (C=O) groups is 1. The Labute approximate surface area is 114 Å². The zero-order valence-corrected chi connectivity index (χ0v) is 11.8. The van der Waals surface area contributed by atoms with Gasteiger partial charge in [0.25, 0.3) is 5.91 Å². The lowest BCUT2D eigenvalue weighted by molar-refractivity contribution is 0.0953. The van der Waals surface area contributed by atoms with Gasteiger partial charge < -0.3 is 15.5 Å². The summed E-state index contributed by atoms with van der Waals surface area (Å²) in [6.07, 6.45) is 1.93. The number of rotatable bonds is 7. The first-order valence-electron chi connectivity index (χ1n) is 6.45. The van der Waals surface area contributed by atoms with Crippen LogP contribution < -0.4 is 10.6 Å². The molecule has 0 unspecified atom stereocenters. The number of carbonyl (C=O) groups excluding carboxylic acids is 1. The Balaban J connectivity index is 2.48. The van der Waals surface area contributed by atoms with E-state index in [9.17, 15) is 9.18 Å². The molecule has 0 aromatic heterocycles. The van der Waals surface area contributed by atoms with Gasteiger partial charge in [-0.3, -0.25) is 4.79 Å². The topological polar surface area (TPSA) is 44.4 Å². The van der Waals surface area contributed by atoms with Gasteiger partial charge in [0.1, 0.15) is 5.82 Å². The van der Waals surface area contributed by atoms with Crippen molar-refractivity contribution in [2.75, 3.05) is 39.5 Å². The van der Waals surface area contributed by atoms with Crippen molar-refractivity contribution in [3.63, 3.8) is 0 Å². The molecule has 1 aromatic rings. The predicted molar refractivity (Wildman–Crippen MR) is 76.1 cm³/mol. The summed E-state index contributed by atoms with van der Waals surface area (Å²) in [4.78, 5) is 14.1. The first-order valence-corrected chi connectivity index (χ1v) is 6.45. The third-order valence-corrected chi connectivity index (χ3v) is 2.83. The smallest absolute Gasteiger partial charge is 0.253 e. The fourth-order valence-electron chi connectivity index (χ4n) is 1.82. The molecule has 106 valence electrons. The van der Waals surface area contributed by atoms with Crippen molar-refractivity contribution in [1.82, 2.24) is 10.2 Å². The van der Waals surface area contributed by atoms with Crippen LogP contribution in [0.2, 0.25) is 0 Å². The highest BCUT2D eigenvalue weighted by Crippen LogP contribution is 2.18. The first kappa shape index (κ1) is 15.4. The first-order chi connectivity index (χ1) is 9.06. The van der Waals surface area contributed by atoms with Crippen molar-refractivity contribution in [2.45, 2.75) is 12.8 Å². The Morgan fingerprint density at radius 2 is 2.05 bits per heavy atom. The maximum atomic E-state index is 13.5. The van der Waals surface area contributed by atoms with Gasteiger partial charge in [-0.25, -0.2) is 4.39 Å². The van der Waals surface area contributed by atoms with Gasteiger partial charge in [0.2, 0.25) is 0 Å². The van der Waals surface area contributed by atoms with Crippen molar-refractivity contribution in [3.8, 4) is 0 Å². The molecule has 0 bridgehead atoms. The van der Waals surface area contributed by atoms with E-state index in [2.05, 4.69) is 15.5 Å². The SMILES string of the molecule is CNc1c(F)cccc1C(=O)NCCCCN(C)C. The second kappa shape index (κ2) is 7.74. The van der Waals surface area contributed by atoms with Gasteiger partial charge in [-0.05, 0) is 45.6 Å². The van der Waals surface area contributed by atoms with Gasteiger partial charge in [0.05, 0.1) is 11.3 Å². The maximum Gasteiger partial charge on any atom is 0.253 e. The van der Waals surface area contributed by atoms with Gasteiger partial charge in [-0.2, -0.15) is 0 Å². The minimum absolute atomic E-state index is 0.242. The van der Waals surface area contributed by atoms with E-state index in [-0.39, 0.29) is 11.6 Å². The second-order valence-corrected chi connectivity index (χ2v) is 4.68. The third-order valence-electron chi connectivity index (χ3n) is 2.83. The standard InChI is InChI=1S/C14H22FN3O/c1-16-13-11(7-6-8-12(13)15)14(19)17-9-4-5-10-18(2)3/h6-8,16H,4-5,9-10H2,1-3H3,(H,17,19). The summed E-state index contributed by atoms with van der Waals surface area (Å²) < 4.78 is 13.5. The number of benzene rings is 1. The van der Waals surface area contributed by atoms with E-state index in [4.69, 9.17) is 0 Å². The predicted octanol–water partition coefficient (Wildman–Crippen LogP) is 1.94. The Kier molecular flexibility index (Phi) is 6.29. The van der Waals surface area contributed by atoms with Crippen LogP contribution in [-0.4, -0.2) is 45.0 Å². The number of hydrogen-bond acceptors (Lipinski definition) is 3. The molecule has 0 aliphatic carbocycles. The molecule has 5 heteroatoms. The molecule has 0 spiro atoms. The molecular weight excluding hydrogens is 245 g/mol. The van der Waals surface area contributed by atoms with Crippen LogP contribution in [0.25, 0.3) is 0 Å². The molecule has 4 nitrogen and oxygen atoms in total. The number of nitrogens with one attached hydrogen (secondary N) is 2. The maximum absolute atomic E-state index is 13.5. The fourth-order valence-corrected chi connectivity index (χ4v) is 1.82. The third kappa shape index (κ3) is 4.87. The normalized spacial score (nSPS) is 10.6. The van der Waals surface area contributed by atoms with Crippen LogP contribution in [0.4, 0.5) is 10.1 Å². The summed E-state index contributed by atoms with van der Waals surface area (Å²) in [6.45, 7) is 1.60. The van der Waals surface area contributed by atoms with E-state index in [1.54, 1.807) is 13.1 Å². The molecule has 0 saturated carbocycles. The van der Waals surface area contributed by atoms with E-state index in [1.165, 1.54) is 12.1 Å². The molecule has 1 rings (SSSR count). The number of hydrogen-bond donors (Lipinski definition) is 2. The fraction of sp³-hybridized carbons (Fsp3) is 0.500. The van der Waals surface area contributed by atoms with Crippen molar-refractivity contribution < 1.29 is 9.18 Å². The summed E-state index contributed by atoms with van der Waals surface area (Å²) >= 11 is 0. The zero-order chi connectivity index (χ0) is 14.3. The second-order valence-electron chi connectivity index (χ2n) is 4.68. The van der Waals surface area contributed by atoms with Gasteiger partial charge >= 0.3 is 0 Å². The Bertz CT molecular complexity index is 421. The van der Waals surface area contributed by atoms with Gasteiger partial charge in [-0.15, -0.1) is 0 Å². The van der Waals surface area contributed by atoms with Crippen LogP contribution in [0.5, 0.6) is 0 Å². The number of unbranched alkanes of at least 4 members (excludes halogenated alkanes) is 1. The Morgan fingerprint density at radius 1 is 1.32 bits per heavy atom. The Hall–Kier alpha value is -1.62. The quantitative estimate of drug-likeness (QED) is 0.742. The van der Waals surface area contributed by atoms with E-state index < -0.39 is 5.82 Å². The van der Waals surface area contributed by atoms with Crippen molar-refractivity contribution in [2.24, 2.45) is 0 Å². The largest absolute Gasteiger partial charge is 0.385 e. The molecule has 1 aromatic carbocycles. The number of amides is 1. The average Bonchev–Trinajstić information content (AvgIpc) is 2.37. The van der Waals surface area contributed by atoms with E-state index in [1.807, 2.05) is 14.1 Å². The molecule has 0 saturated heterocycles. The lowest BCUT2D eigenvalue weighted by atomic mass is 10.1. The molecule has 19 heavy (non-hydrogen) atoms. The molecule has 0 aliphatic heterocycles. The molecule has 0 aliphatic rings. The summed E-state index contributed by atoms with van der Waals surface area (Å²) in [7, 11) is 5.64. The molecular formula is C14H22FN3O. The van der Waals surface area contributed by atoms with Crippen molar-refractivity contribution >= 4 is 11.6 Å². The van der Waals surface area contributed by atoms with Gasteiger partial charge in [-0.1, -0.05) is 6.07 Å². The van der Waals surface area contributed by atoms with Crippen molar-refractivity contribution in [1.29, 1.82) is 0 Å². The molecule has 0 heterocycles. The molecule has 0 atom stereocenters. The minimum Gasteiger partial charge on any atom is -0.385 e. The summed E-state index contributed by atoms with van der Waals surface area (Å²) in [5.41, 5.74) is 0.586. The van der Waals surface area contributed by atoms with Crippen LogP contribution in [0.3, 0.4) is 0 Å². The van der Waals surface area contributed by atoms with Crippen LogP contribution in [-0.2, 0) is 0 Å². The Morgan fingerprint density at radius 3 is 2.68 bits per heavy atom. The molecule has 0 radical (unpaired) electrons. The van der Waals surface area contributed by atoms with Crippen LogP contribution >= 0.6 is 0 Å². The summed E-state index contributed by atoms with van der Waals surface area (Å²) in [5, 5.41) is 5.53. The highest BCUT2D eigenvalue weighted by Gasteiger charge is 2.13. The molecule has 0 fully saturated rings. The average molecular weight is 267 g/mol. The van der Waals surface area contributed by atoms with E-state index in [0.717, 1.165) is 19.4 Å². The number of nitrogens with zero attached hydrogens (tertiary/aromatic N) is 1. The van der Waals surface area contributed by atoms with E-state index >= 15 is 0 Å². The monoisotopic (exact) mass is 267 g/mol. The minimum atomic E-state index is -0.414. The summed E-state index contributed by atoms with van der Waals surface area (Å²) in [6, 6.07) is 4.49. The van der Waals surface area contributed by atoms with Crippen LogP contribution in [0.15, 0.2) is 18.2 Å². The zero-order valence-electron chi connectivity index (χ0n) is 11.8. The lowest BCUT2D eigenvalue weighted by Gasteiger charge is -2.11. The van der Waals surface area contributed by atoms with Crippen LogP contribution in [0, 0.1) is 5.82 Å².